The Bertz CT molecular complexity index is 771. The number of ether oxygens (including phenoxy) is 3. The Morgan fingerprint density at radius 2 is 1.72 bits per heavy atom. The molecule has 9 heteroatoms. The number of hydrogen-bond acceptors (Lipinski definition) is 7. The Morgan fingerprint density at radius 3 is 2.24 bits per heavy atom. The number of carbonyl (C=O) groups is 2. The van der Waals surface area contributed by atoms with Crippen molar-refractivity contribution in [3.05, 3.63) is 41.2 Å². The average Bonchev–Trinajstić information content (AvgIpc) is 2.60. The van der Waals surface area contributed by atoms with Crippen molar-refractivity contribution in [3.63, 3.8) is 0 Å². The van der Waals surface area contributed by atoms with Gasteiger partial charge >= 0.3 is 5.97 Å². The maximum atomic E-state index is 12.6. The molecule has 1 aromatic carbocycles. The number of benzene rings is 1. The zero-order chi connectivity index (χ0) is 18.4. The van der Waals surface area contributed by atoms with Gasteiger partial charge in [-0.2, -0.15) is 0 Å². The summed E-state index contributed by atoms with van der Waals surface area (Å²) in [6.07, 6.45) is 1.20. The first-order chi connectivity index (χ1) is 12.0. The molecule has 1 aromatic heterocycles. The van der Waals surface area contributed by atoms with Gasteiger partial charge in [-0.3, -0.25) is 4.79 Å². The van der Waals surface area contributed by atoms with E-state index in [9.17, 15) is 14.7 Å². The Morgan fingerprint density at radius 1 is 1.08 bits per heavy atom. The maximum Gasteiger partial charge on any atom is 0.335 e. The Balaban J connectivity index is 2.39. The fourth-order valence-corrected chi connectivity index (χ4v) is 2.19. The molecule has 0 aliphatic carbocycles. The summed E-state index contributed by atoms with van der Waals surface area (Å²) >= 11 is 0. The van der Waals surface area contributed by atoms with Crippen molar-refractivity contribution in [1.29, 1.82) is 0 Å². The van der Waals surface area contributed by atoms with Crippen molar-refractivity contribution in [2.75, 3.05) is 26.6 Å². The van der Waals surface area contributed by atoms with Gasteiger partial charge in [-0.1, -0.05) is 0 Å². The Labute approximate surface area is 143 Å². The highest BCUT2D eigenvalue weighted by molar-refractivity contribution is 6.07. The number of carboxylic acids is 1. The van der Waals surface area contributed by atoms with Crippen LogP contribution in [0.1, 0.15) is 26.3 Å². The first-order valence-electron chi connectivity index (χ1n) is 7.10. The number of methoxy groups -OCH3 is 3. The van der Waals surface area contributed by atoms with Crippen molar-refractivity contribution >= 4 is 17.6 Å². The van der Waals surface area contributed by atoms with Gasteiger partial charge in [-0.25, -0.2) is 14.8 Å². The van der Waals surface area contributed by atoms with E-state index in [1.807, 2.05) is 0 Å². The van der Waals surface area contributed by atoms with E-state index in [1.54, 1.807) is 6.07 Å². The molecule has 2 rings (SSSR count). The van der Waals surface area contributed by atoms with Crippen LogP contribution < -0.4 is 14.8 Å². The summed E-state index contributed by atoms with van der Waals surface area (Å²) in [4.78, 5) is 31.6. The second-order valence-electron chi connectivity index (χ2n) is 4.88. The molecule has 0 fully saturated rings. The molecule has 0 radical (unpaired) electrons. The van der Waals surface area contributed by atoms with Crippen LogP contribution >= 0.6 is 0 Å². The molecule has 9 nitrogen and oxygen atoms in total. The summed E-state index contributed by atoms with van der Waals surface area (Å²) < 4.78 is 15.1. The summed E-state index contributed by atoms with van der Waals surface area (Å²) in [6, 6.07) is 4.41. The summed E-state index contributed by atoms with van der Waals surface area (Å²) in [5.41, 5.74) is 0.903. The lowest BCUT2D eigenvalue weighted by Gasteiger charge is -2.12. The van der Waals surface area contributed by atoms with Crippen LogP contribution in [0.3, 0.4) is 0 Å². The fraction of sp³-hybridized carbons (Fsp3) is 0.250. The predicted molar refractivity (Wildman–Crippen MR) is 87.2 cm³/mol. The van der Waals surface area contributed by atoms with Crippen molar-refractivity contribution in [1.82, 2.24) is 9.97 Å². The molecule has 0 bridgehead atoms. The molecular formula is C16H17N3O6. The highest BCUT2D eigenvalue weighted by atomic mass is 16.5. The molecule has 0 aliphatic rings. The van der Waals surface area contributed by atoms with E-state index in [0.717, 1.165) is 0 Å². The lowest BCUT2D eigenvalue weighted by Crippen LogP contribution is -2.16. The highest BCUT2D eigenvalue weighted by Crippen LogP contribution is 2.25. The number of aromatic nitrogens is 2. The van der Waals surface area contributed by atoms with Crippen LogP contribution in [0.25, 0.3) is 0 Å². The van der Waals surface area contributed by atoms with Gasteiger partial charge < -0.3 is 24.6 Å². The van der Waals surface area contributed by atoms with E-state index >= 15 is 0 Å². The normalized spacial score (nSPS) is 10.2. The largest absolute Gasteiger partial charge is 0.480 e. The molecule has 0 aliphatic heterocycles. The van der Waals surface area contributed by atoms with Gasteiger partial charge in [0.05, 0.1) is 26.4 Å². The van der Waals surface area contributed by atoms with E-state index in [4.69, 9.17) is 14.2 Å². The van der Waals surface area contributed by atoms with E-state index in [0.29, 0.717) is 5.56 Å². The minimum absolute atomic E-state index is 0.00141. The standard InChI is InChI=1S/C16H17N3O6/c1-23-7-9-4-10(16(21)22)6-11(5-9)19-13(20)12-14(24-2)17-8-18-15(12)25-3/h4-6,8H,7H2,1-3H3,(H,19,20)(H,21,22). The number of nitrogens with zero attached hydrogens (tertiary/aromatic N) is 2. The Hall–Kier alpha value is -3.20. The molecule has 0 unspecified atom stereocenters. The van der Waals surface area contributed by atoms with Gasteiger partial charge in [-0.05, 0) is 23.8 Å². The third-order valence-corrected chi connectivity index (χ3v) is 3.20. The molecule has 132 valence electrons. The summed E-state index contributed by atoms with van der Waals surface area (Å²) in [5.74, 6) is -1.64. The first-order valence-corrected chi connectivity index (χ1v) is 7.10. The van der Waals surface area contributed by atoms with Gasteiger partial charge in [0.25, 0.3) is 5.91 Å². The lowest BCUT2D eigenvalue weighted by atomic mass is 10.1. The van der Waals surface area contributed by atoms with E-state index in [-0.39, 0.29) is 35.2 Å². The third-order valence-electron chi connectivity index (χ3n) is 3.20. The molecule has 1 heterocycles. The molecule has 0 atom stereocenters. The number of rotatable bonds is 7. The number of hydrogen-bond donors (Lipinski definition) is 2. The van der Waals surface area contributed by atoms with Crippen LogP contribution in [0.2, 0.25) is 0 Å². The van der Waals surface area contributed by atoms with Crippen molar-refractivity contribution in [2.45, 2.75) is 6.61 Å². The fourth-order valence-electron chi connectivity index (χ4n) is 2.19. The van der Waals surface area contributed by atoms with Crippen LogP contribution in [-0.4, -0.2) is 48.3 Å². The number of anilines is 1. The van der Waals surface area contributed by atoms with Gasteiger partial charge in [0.2, 0.25) is 11.8 Å². The first kappa shape index (κ1) is 18.1. The smallest absolute Gasteiger partial charge is 0.335 e. The molecule has 2 N–H and O–H groups in total. The van der Waals surface area contributed by atoms with Crippen LogP contribution in [0.5, 0.6) is 11.8 Å². The summed E-state index contributed by atoms with van der Waals surface area (Å²) in [7, 11) is 4.21. The second-order valence-corrected chi connectivity index (χ2v) is 4.88. The van der Waals surface area contributed by atoms with Crippen molar-refractivity contribution < 1.29 is 28.9 Å². The molecule has 0 saturated carbocycles. The third kappa shape index (κ3) is 4.21. The van der Waals surface area contributed by atoms with Crippen molar-refractivity contribution in [2.24, 2.45) is 0 Å². The van der Waals surface area contributed by atoms with Gasteiger partial charge in [0.15, 0.2) is 5.56 Å². The van der Waals surface area contributed by atoms with Crippen LogP contribution in [-0.2, 0) is 11.3 Å². The molecule has 1 amide bonds. The quantitative estimate of drug-likeness (QED) is 0.775. The minimum atomic E-state index is -1.12. The zero-order valence-corrected chi connectivity index (χ0v) is 13.9. The number of carboxylic acid groups (broad SMARTS) is 1. The lowest BCUT2D eigenvalue weighted by molar-refractivity contribution is 0.0696. The summed E-state index contributed by atoms with van der Waals surface area (Å²) in [5, 5.41) is 11.8. The monoisotopic (exact) mass is 347 g/mol. The molecule has 25 heavy (non-hydrogen) atoms. The predicted octanol–water partition coefficient (Wildman–Crippen LogP) is 1.59. The number of amides is 1. The van der Waals surface area contributed by atoms with Crippen molar-refractivity contribution in [3.8, 4) is 11.8 Å². The van der Waals surface area contributed by atoms with Gasteiger partial charge in [0.1, 0.15) is 6.33 Å². The van der Waals surface area contributed by atoms with Crippen LogP contribution in [0.4, 0.5) is 5.69 Å². The molecular weight excluding hydrogens is 330 g/mol. The average molecular weight is 347 g/mol. The number of nitrogens with one attached hydrogen (secondary N) is 1. The Kier molecular flexibility index (Phi) is 5.85. The number of carbonyl (C=O) groups excluding carboxylic acids is 1. The van der Waals surface area contributed by atoms with E-state index < -0.39 is 11.9 Å². The van der Waals surface area contributed by atoms with E-state index in [2.05, 4.69) is 15.3 Å². The molecule has 2 aromatic rings. The number of aromatic carboxylic acids is 1. The highest BCUT2D eigenvalue weighted by Gasteiger charge is 2.21. The van der Waals surface area contributed by atoms with Gasteiger partial charge in [-0.15, -0.1) is 0 Å². The topological polar surface area (TPSA) is 120 Å². The van der Waals surface area contributed by atoms with Crippen LogP contribution in [0, 0.1) is 0 Å². The summed E-state index contributed by atoms with van der Waals surface area (Å²) in [6.45, 7) is 0.199. The SMILES string of the molecule is COCc1cc(NC(=O)c2c(OC)ncnc2OC)cc(C(=O)O)c1. The van der Waals surface area contributed by atoms with E-state index in [1.165, 1.54) is 39.8 Å². The molecule has 0 spiro atoms. The van der Waals surface area contributed by atoms with Crippen LogP contribution in [0.15, 0.2) is 24.5 Å². The molecule has 0 saturated heterocycles. The minimum Gasteiger partial charge on any atom is -0.480 e. The second kappa shape index (κ2) is 8.06. The zero-order valence-electron chi connectivity index (χ0n) is 13.9. The van der Waals surface area contributed by atoms with Gasteiger partial charge in [0, 0.05) is 12.8 Å². The maximum absolute atomic E-state index is 12.6.